The number of nitrogens with zero attached hydrogens (tertiary/aromatic N) is 3. The van der Waals surface area contributed by atoms with Crippen molar-refractivity contribution in [3.63, 3.8) is 0 Å². The van der Waals surface area contributed by atoms with Crippen LogP contribution in [0.5, 0.6) is 0 Å². The van der Waals surface area contributed by atoms with Gasteiger partial charge >= 0.3 is 5.97 Å². The van der Waals surface area contributed by atoms with E-state index in [1.165, 1.54) is 0 Å². The minimum atomic E-state index is -0.690. The van der Waals surface area contributed by atoms with Gasteiger partial charge in [0.15, 0.2) is 0 Å². The van der Waals surface area contributed by atoms with Gasteiger partial charge in [0, 0.05) is 25.5 Å². The van der Waals surface area contributed by atoms with E-state index in [4.69, 9.17) is 5.11 Å². The molecule has 1 N–H and O–H groups in total. The maximum atomic E-state index is 10.8. The van der Waals surface area contributed by atoms with Crippen LogP contribution in [0, 0.1) is 12.8 Å². The third-order valence-electron chi connectivity index (χ3n) is 2.89. The summed E-state index contributed by atoms with van der Waals surface area (Å²) in [6.07, 6.45) is 4.91. The largest absolute Gasteiger partial charge is 0.481 e. The zero-order valence-electron chi connectivity index (χ0n) is 9.26. The van der Waals surface area contributed by atoms with Crippen molar-refractivity contribution in [2.45, 2.75) is 19.8 Å². The van der Waals surface area contributed by atoms with Gasteiger partial charge in [-0.3, -0.25) is 4.79 Å². The summed E-state index contributed by atoms with van der Waals surface area (Å²) in [4.78, 5) is 21.3. The van der Waals surface area contributed by atoms with E-state index < -0.39 is 5.97 Å². The van der Waals surface area contributed by atoms with Crippen LogP contribution in [0.25, 0.3) is 0 Å². The Kier molecular flexibility index (Phi) is 3.03. The molecule has 0 aliphatic carbocycles. The summed E-state index contributed by atoms with van der Waals surface area (Å²) in [6, 6.07) is 0. The Morgan fingerprint density at radius 2 is 1.94 bits per heavy atom. The maximum absolute atomic E-state index is 10.8. The second kappa shape index (κ2) is 4.47. The number of piperidine rings is 1. The summed E-state index contributed by atoms with van der Waals surface area (Å²) >= 11 is 0. The number of aromatic nitrogens is 2. The lowest BCUT2D eigenvalue weighted by Gasteiger charge is -2.29. The predicted octanol–water partition coefficient (Wildman–Crippen LogP) is 1.09. The van der Waals surface area contributed by atoms with Gasteiger partial charge in [-0.25, -0.2) is 9.97 Å². The average molecular weight is 221 g/mol. The lowest BCUT2D eigenvalue weighted by Crippen LogP contribution is -2.37. The summed E-state index contributed by atoms with van der Waals surface area (Å²) in [6.45, 7) is 3.39. The molecule has 2 heterocycles. The molecule has 5 heteroatoms. The number of hydrogen-bond donors (Lipinski definition) is 1. The fraction of sp³-hybridized carbons (Fsp3) is 0.545. The van der Waals surface area contributed by atoms with Gasteiger partial charge in [0.25, 0.3) is 0 Å². The van der Waals surface area contributed by atoms with E-state index in [2.05, 4.69) is 9.97 Å². The van der Waals surface area contributed by atoms with Gasteiger partial charge in [-0.15, -0.1) is 0 Å². The molecular formula is C11H15N3O2. The van der Waals surface area contributed by atoms with E-state index in [1.807, 2.05) is 11.8 Å². The van der Waals surface area contributed by atoms with Crippen molar-refractivity contribution < 1.29 is 9.90 Å². The monoisotopic (exact) mass is 221 g/mol. The van der Waals surface area contributed by atoms with Gasteiger partial charge in [0.05, 0.1) is 5.92 Å². The van der Waals surface area contributed by atoms with Gasteiger partial charge in [-0.2, -0.15) is 0 Å². The molecule has 5 nitrogen and oxygen atoms in total. The van der Waals surface area contributed by atoms with Crippen LogP contribution in [0.2, 0.25) is 0 Å². The number of anilines is 1. The first kappa shape index (κ1) is 10.9. The Morgan fingerprint density at radius 1 is 1.38 bits per heavy atom. The Hall–Kier alpha value is -1.65. The van der Waals surface area contributed by atoms with E-state index in [0.29, 0.717) is 18.8 Å². The smallest absolute Gasteiger partial charge is 0.306 e. The lowest BCUT2D eigenvalue weighted by molar-refractivity contribution is -0.142. The number of aryl methyl sites for hydroxylation is 1. The highest BCUT2D eigenvalue weighted by Crippen LogP contribution is 2.20. The van der Waals surface area contributed by atoms with Gasteiger partial charge in [0.1, 0.15) is 0 Å². The molecule has 1 saturated heterocycles. The summed E-state index contributed by atoms with van der Waals surface area (Å²) in [5.41, 5.74) is 1.03. The first-order valence-corrected chi connectivity index (χ1v) is 5.43. The lowest BCUT2D eigenvalue weighted by atomic mass is 9.97. The first-order valence-electron chi connectivity index (χ1n) is 5.43. The minimum absolute atomic E-state index is 0.207. The molecule has 16 heavy (non-hydrogen) atoms. The van der Waals surface area contributed by atoms with Crippen molar-refractivity contribution in [3.8, 4) is 0 Å². The molecule has 1 aromatic rings. The number of aliphatic carboxylic acids is 1. The molecule has 2 rings (SSSR count). The number of carboxylic acids is 1. The molecule has 1 aromatic heterocycles. The normalized spacial score (nSPS) is 17.4. The van der Waals surface area contributed by atoms with Crippen molar-refractivity contribution in [2.75, 3.05) is 18.0 Å². The van der Waals surface area contributed by atoms with Crippen LogP contribution in [-0.2, 0) is 4.79 Å². The van der Waals surface area contributed by atoms with E-state index in [9.17, 15) is 4.79 Å². The molecular weight excluding hydrogens is 206 g/mol. The van der Waals surface area contributed by atoms with Crippen LogP contribution in [0.3, 0.4) is 0 Å². The molecule has 1 fully saturated rings. The first-order chi connectivity index (χ1) is 7.66. The van der Waals surface area contributed by atoms with Crippen LogP contribution in [0.4, 0.5) is 5.95 Å². The van der Waals surface area contributed by atoms with Crippen LogP contribution >= 0.6 is 0 Å². The fourth-order valence-corrected chi connectivity index (χ4v) is 1.88. The Bertz CT molecular complexity index is 369. The predicted molar refractivity (Wildman–Crippen MR) is 59.3 cm³/mol. The standard InChI is InChI=1S/C11H15N3O2/c1-8-6-12-11(13-7-8)14-4-2-9(3-5-14)10(15)16/h6-7,9H,2-5H2,1H3,(H,15,16). The van der Waals surface area contributed by atoms with E-state index >= 15 is 0 Å². The average Bonchev–Trinajstić information content (AvgIpc) is 2.30. The zero-order chi connectivity index (χ0) is 11.5. The zero-order valence-corrected chi connectivity index (χ0v) is 9.26. The van der Waals surface area contributed by atoms with Crippen molar-refractivity contribution in [2.24, 2.45) is 5.92 Å². The van der Waals surface area contributed by atoms with Crippen LogP contribution in [-0.4, -0.2) is 34.1 Å². The highest BCUT2D eigenvalue weighted by atomic mass is 16.4. The van der Waals surface area contributed by atoms with Gasteiger partial charge in [-0.05, 0) is 25.3 Å². The van der Waals surface area contributed by atoms with Gasteiger partial charge in [-0.1, -0.05) is 0 Å². The third kappa shape index (κ3) is 2.29. The molecule has 1 aliphatic rings. The maximum Gasteiger partial charge on any atom is 0.306 e. The number of carboxylic acid groups (broad SMARTS) is 1. The van der Waals surface area contributed by atoms with Crippen molar-refractivity contribution in [3.05, 3.63) is 18.0 Å². The van der Waals surface area contributed by atoms with E-state index in [0.717, 1.165) is 18.7 Å². The van der Waals surface area contributed by atoms with Crippen LogP contribution in [0.15, 0.2) is 12.4 Å². The molecule has 0 bridgehead atoms. The quantitative estimate of drug-likeness (QED) is 0.809. The Labute approximate surface area is 94.1 Å². The topological polar surface area (TPSA) is 66.3 Å². The molecule has 0 saturated carbocycles. The molecule has 1 aliphatic heterocycles. The third-order valence-corrected chi connectivity index (χ3v) is 2.89. The van der Waals surface area contributed by atoms with Gasteiger partial charge < -0.3 is 10.0 Å². The highest BCUT2D eigenvalue weighted by molar-refractivity contribution is 5.70. The van der Waals surface area contributed by atoms with Crippen LogP contribution < -0.4 is 4.90 Å². The van der Waals surface area contributed by atoms with Crippen LogP contribution in [0.1, 0.15) is 18.4 Å². The summed E-state index contributed by atoms with van der Waals surface area (Å²) in [5.74, 6) is -0.194. The summed E-state index contributed by atoms with van der Waals surface area (Å²) in [5, 5.41) is 8.88. The van der Waals surface area contributed by atoms with Crippen molar-refractivity contribution in [1.29, 1.82) is 0 Å². The Balaban J connectivity index is 1.99. The molecule has 0 unspecified atom stereocenters. The van der Waals surface area contributed by atoms with Gasteiger partial charge in [0.2, 0.25) is 5.95 Å². The molecule has 86 valence electrons. The number of carbonyl (C=O) groups is 1. The number of rotatable bonds is 2. The molecule has 0 radical (unpaired) electrons. The van der Waals surface area contributed by atoms with E-state index in [-0.39, 0.29) is 5.92 Å². The molecule has 0 aromatic carbocycles. The summed E-state index contributed by atoms with van der Waals surface area (Å²) in [7, 11) is 0. The molecule has 0 atom stereocenters. The highest BCUT2D eigenvalue weighted by Gasteiger charge is 2.25. The minimum Gasteiger partial charge on any atom is -0.481 e. The van der Waals surface area contributed by atoms with E-state index in [1.54, 1.807) is 12.4 Å². The van der Waals surface area contributed by atoms with Crippen molar-refractivity contribution >= 4 is 11.9 Å². The fourth-order valence-electron chi connectivity index (χ4n) is 1.88. The van der Waals surface area contributed by atoms with Crippen molar-refractivity contribution in [1.82, 2.24) is 9.97 Å². The number of hydrogen-bond acceptors (Lipinski definition) is 4. The SMILES string of the molecule is Cc1cnc(N2CCC(C(=O)O)CC2)nc1. The summed E-state index contributed by atoms with van der Waals surface area (Å²) < 4.78 is 0. The molecule has 0 amide bonds. The Morgan fingerprint density at radius 3 is 2.44 bits per heavy atom. The second-order valence-corrected chi connectivity index (χ2v) is 4.16. The molecule has 0 spiro atoms. The second-order valence-electron chi connectivity index (χ2n) is 4.16.